The number of rotatable bonds is 4. The lowest BCUT2D eigenvalue weighted by Crippen LogP contribution is -2.42. The fourth-order valence-corrected chi connectivity index (χ4v) is 3.46. The van der Waals surface area contributed by atoms with Gasteiger partial charge in [-0.2, -0.15) is 0 Å². The first-order valence-corrected chi connectivity index (χ1v) is 8.33. The monoisotopic (exact) mass is 340 g/mol. The molecule has 1 aromatic carbocycles. The van der Waals surface area contributed by atoms with Crippen molar-refractivity contribution in [2.75, 3.05) is 6.54 Å². The largest absolute Gasteiger partial charge is 0.480 e. The Balaban J connectivity index is 1.96. The first-order valence-electron chi connectivity index (χ1n) is 8.33. The molecule has 6 nitrogen and oxygen atoms in total. The van der Waals surface area contributed by atoms with E-state index in [1.165, 1.54) is 23.9 Å². The third-order valence-electron chi connectivity index (χ3n) is 4.62. The number of carbonyl (C=O) groups is 2. The highest BCUT2D eigenvalue weighted by molar-refractivity contribution is 5.94. The molecule has 1 amide bonds. The van der Waals surface area contributed by atoms with Crippen molar-refractivity contribution in [3.8, 4) is 0 Å². The average Bonchev–Trinajstić information content (AvgIpc) is 2.61. The van der Waals surface area contributed by atoms with E-state index >= 15 is 0 Å². The van der Waals surface area contributed by atoms with Crippen molar-refractivity contribution >= 4 is 11.9 Å². The van der Waals surface area contributed by atoms with Crippen LogP contribution in [0, 0.1) is 0 Å². The molecule has 1 aromatic heterocycles. The zero-order valence-corrected chi connectivity index (χ0v) is 14.0. The maximum atomic E-state index is 13.0. The van der Waals surface area contributed by atoms with E-state index in [1.54, 1.807) is 4.90 Å². The predicted octanol–water partition coefficient (Wildman–Crippen LogP) is 2.08. The molecule has 1 aliphatic rings. The highest BCUT2D eigenvalue weighted by atomic mass is 16.4. The van der Waals surface area contributed by atoms with E-state index in [1.807, 2.05) is 25.1 Å². The molecule has 1 atom stereocenters. The van der Waals surface area contributed by atoms with Gasteiger partial charge in [0.25, 0.3) is 11.5 Å². The van der Waals surface area contributed by atoms with Crippen molar-refractivity contribution in [2.45, 2.75) is 32.4 Å². The van der Waals surface area contributed by atoms with Crippen LogP contribution in [-0.4, -0.2) is 33.0 Å². The van der Waals surface area contributed by atoms with Gasteiger partial charge in [-0.05, 0) is 36.1 Å². The fraction of sp³-hybridized carbons (Fsp3) is 0.316. The zero-order valence-electron chi connectivity index (χ0n) is 14.0. The quantitative estimate of drug-likeness (QED) is 0.924. The van der Waals surface area contributed by atoms with Crippen molar-refractivity contribution < 1.29 is 14.7 Å². The minimum atomic E-state index is -1.12. The maximum Gasteiger partial charge on any atom is 0.323 e. The van der Waals surface area contributed by atoms with Gasteiger partial charge in [0, 0.05) is 12.7 Å². The fourth-order valence-electron chi connectivity index (χ4n) is 3.46. The second kappa shape index (κ2) is 6.93. The SMILES string of the molecule is CCC1c2ccccc2CCN1C(=O)c1cccn(CC(=O)O)c1=O. The number of hydrogen-bond acceptors (Lipinski definition) is 3. The van der Waals surface area contributed by atoms with E-state index in [4.69, 9.17) is 5.11 Å². The van der Waals surface area contributed by atoms with Crippen LogP contribution in [0.2, 0.25) is 0 Å². The molecule has 0 spiro atoms. The Bertz CT molecular complexity index is 872. The highest BCUT2D eigenvalue weighted by Gasteiger charge is 2.31. The Kier molecular flexibility index (Phi) is 4.70. The Hall–Kier alpha value is -2.89. The molecule has 0 radical (unpaired) electrons. The van der Waals surface area contributed by atoms with E-state index in [2.05, 4.69) is 6.07 Å². The van der Waals surface area contributed by atoms with Crippen LogP contribution in [0.3, 0.4) is 0 Å². The summed E-state index contributed by atoms with van der Waals surface area (Å²) < 4.78 is 1.05. The number of aromatic nitrogens is 1. The van der Waals surface area contributed by atoms with Crippen molar-refractivity contribution in [1.82, 2.24) is 9.47 Å². The van der Waals surface area contributed by atoms with E-state index in [0.29, 0.717) is 6.54 Å². The van der Waals surface area contributed by atoms with Crippen molar-refractivity contribution in [3.05, 3.63) is 69.6 Å². The van der Waals surface area contributed by atoms with Gasteiger partial charge in [-0.25, -0.2) is 0 Å². The Morgan fingerprint density at radius 3 is 2.68 bits per heavy atom. The van der Waals surface area contributed by atoms with Crippen LogP contribution in [-0.2, 0) is 17.8 Å². The molecule has 3 rings (SSSR count). The number of carboxylic acids is 1. The Morgan fingerprint density at radius 1 is 1.20 bits per heavy atom. The van der Waals surface area contributed by atoms with Gasteiger partial charge in [0.2, 0.25) is 0 Å². The average molecular weight is 340 g/mol. The molecule has 1 unspecified atom stereocenters. The normalized spacial score (nSPS) is 16.4. The molecule has 0 fully saturated rings. The number of carboxylic acid groups (broad SMARTS) is 1. The molecule has 25 heavy (non-hydrogen) atoms. The minimum absolute atomic E-state index is 0.0154. The topological polar surface area (TPSA) is 79.6 Å². The van der Waals surface area contributed by atoms with Crippen LogP contribution in [0.15, 0.2) is 47.4 Å². The van der Waals surface area contributed by atoms with Crippen LogP contribution in [0.5, 0.6) is 0 Å². The smallest absolute Gasteiger partial charge is 0.323 e. The van der Waals surface area contributed by atoms with Crippen LogP contribution in [0.1, 0.15) is 40.9 Å². The number of fused-ring (bicyclic) bond motifs is 1. The van der Waals surface area contributed by atoms with E-state index in [-0.39, 0.29) is 17.5 Å². The summed E-state index contributed by atoms with van der Waals surface area (Å²) in [5.74, 6) is -1.46. The summed E-state index contributed by atoms with van der Waals surface area (Å²) in [4.78, 5) is 38.1. The summed E-state index contributed by atoms with van der Waals surface area (Å²) in [5.41, 5.74) is 1.80. The first-order chi connectivity index (χ1) is 12.0. The molecule has 0 aliphatic carbocycles. The lowest BCUT2D eigenvalue weighted by atomic mass is 9.90. The number of nitrogens with zero attached hydrogens (tertiary/aromatic N) is 2. The summed E-state index contributed by atoms with van der Waals surface area (Å²) >= 11 is 0. The van der Waals surface area contributed by atoms with Crippen LogP contribution >= 0.6 is 0 Å². The lowest BCUT2D eigenvalue weighted by molar-refractivity contribution is -0.137. The van der Waals surface area contributed by atoms with Crippen LogP contribution in [0.25, 0.3) is 0 Å². The number of pyridine rings is 1. The summed E-state index contributed by atoms with van der Waals surface area (Å²) in [5, 5.41) is 8.90. The first kappa shape index (κ1) is 17.0. The summed E-state index contributed by atoms with van der Waals surface area (Å²) in [6, 6.07) is 11.0. The molecule has 0 saturated heterocycles. The number of carbonyl (C=O) groups excluding carboxylic acids is 1. The van der Waals surface area contributed by atoms with Crippen LogP contribution < -0.4 is 5.56 Å². The number of aliphatic carboxylic acids is 1. The second-order valence-corrected chi connectivity index (χ2v) is 6.12. The van der Waals surface area contributed by atoms with Gasteiger partial charge in [0.05, 0.1) is 6.04 Å². The summed E-state index contributed by atoms with van der Waals surface area (Å²) in [7, 11) is 0. The van der Waals surface area contributed by atoms with Gasteiger partial charge in [-0.3, -0.25) is 14.4 Å². The molecule has 0 saturated carbocycles. The molecule has 130 valence electrons. The predicted molar refractivity (Wildman–Crippen MR) is 92.6 cm³/mol. The zero-order chi connectivity index (χ0) is 18.0. The van der Waals surface area contributed by atoms with Crippen molar-refractivity contribution in [3.63, 3.8) is 0 Å². The highest BCUT2D eigenvalue weighted by Crippen LogP contribution is 2.32. The molecule has 2 aromatic rings. The number of amides is 1. The molecule has 1 N–H and O–H groups in total. The summed E-state index contributed by atoms with van der Waals surface area (Å²) in [6.45, 7) is 2.10. The van der Waals surface area contributed by atoms with E-state index < -0.39 is 18.1 Å². The standard InChI is InChI=1S/C19H20N2O4/c1-2-16-14-7-4-3-6-13(14)9-11-21(16)19(25)15-8-5-10-20(18(15)24)12-17(22)23/h3-8,10,16H,2,9,11-12H2,1H3,(H,22,23). The van der Waals surface area contributed by atoms with E-state index in [0.717, 1.165) is 23.0 Å². The van der Waals surface area contributed by atoms with Crippen LogP contribution in [0.4, 0.5) is 0 Å². The molecular formula is C19H20N2O4. The van der Waals surface area contributed by atoms with Crippen molar-refractivity contribution in [2.24, 2.45) is 0 Å². The van der Waals surface area contributed by atoms with Gasteiger partial charge >= 0.3 is 5.97 Å². The molecule has 6 heteroatoms. The molecule has 2 heterocycles. The van der Waals surface area contributed by atoms with Crippen molar-refractivity contribution in [1.29, 1.82) is 0 Å². The van der Waals surface area contributed by atoms with Gasteiger partial charge in [-0.1, -0.05) is 31.2 Å². The van der Waals surface area contributed by atoms with Gasteiger partial charge in [0.1, 0.15) is 12.1 Å². The Labute approximate surface area is 145 Å². The third-order valence-corrected chi connectivity index (χ3v) is 4.62. The number of hydrogen-bond donors (Lipinski definition) is 1. The lowest BCUT2D eigenvalue weighted by Gasteiger charge is -2.37. The maximum absolute atomic E-state index is 13.0. The molecular weight excluding hydrogens is 320 g/mol. The third kappa shape index (κ3) is 3.20. The summed E-state index contributed by atoms with van der Waals surface area (Å²) in [6.07, 6.45) is 2.88. The van der Waals surface area contributed by atoms with Gasteiger partial charge in [-0.15, -0.1) is 0 Å². The Morgan fingerprint density at radius 2 is 1.96 bits per heavy atom. The number of benzene rings is 1. The van der Waals surface area contributed by atoms with Gasteiger partial charge < -0.3 is 14.6 Å². The minimum Gasteiger partial charge on any atom is -0.480 e. The molecule has 1 aliphatic heterocycles. The van der Waals surface area contributed by atoms with Gasteiger partial charge in [0.15, 0.2) is 0 Å². The van der Waals surface area contributed by atoms with E-state index in [9.17, 15) is 14.4 Å². The second-order valence-electron chi connectivity index (χ2n) is 6.12. The molecule has 0 bridgehead atoms.